The molecule has 1 atom stereocenters. The van der Waals surface area contributed by atoms with Crippen LogP contribution in [0.5, 0.6) is 0 Å². The van der Waals surface area contributed by atoms with E-state index in [2.05, 4.69) is 65.1 Å². The Morgan fingerprint density at radius 3 is 2.83 bits per heavy atom. The summed E-state index contributed by atoms with van der Waals surface area (Å²) < 4.78 is 0.848. The van der Waals surface area contributed by atoms with Crippen molar-refractivity contribution in [1.82, 2.24) is 5.43 Å². The number of nitrogens with zero attached hydrogens (tertiary/aromatic N) is 2. The van der Waals surface area contributed by atoms with Gasteiger partial charge in [0.15, 0.2) is 0 Å². The minimum Gasteiger partial charge on any atom is -0.366 e. The zero-order valence-electron chi connectivity index (χ0n) is 17.3. The van der Waals surface area contributed by atoms with E-state index in [4.69, 9.17) is 11.6 Å². The molecule has 1 aliphatic heterocycles. The lowest BCUT2D eigenvalue weighted by atomic mass is 9.79. The van der Waals surface area contributed by atoms with Crippen LogP contribution in [0.25, 0.3) is 0 Å². The largest absolute Gasteiger partial charge is 0.366 e. The minimum absolute atomic E-state index is 0.0965. The van der Waals surface area contributed by atoms with Gasteiger partial charge in [0.2, 0.25) is 0 Å². The van der Waals surface area contributed by atoms with Crippen LogP contribution >= 0.6 is 27.5 Å². The van der Waals surface area contributed by atoms with Crippen molar-refractivity contribution in [1.29, 1.82) is 0 Å². The molecule has 0 aliphatic carbocycles. The average molecular weight is 477 g/mol. The number of carbonyl (C=O) groups is 1. The molecule has 0 saturated heterocycles. The highest BCUT2D eigenvalue weighted by Gasteiger charge is 2.36. The summed E-state index contributed by atoms with van der Waals surface area (Å²) in [6.45, 7) is 10.0. The number of rotatable bonds is 5. The van der Waals surface area contributed by atoms with Crippen molar-refractivity contribution in [2.24, 2.45) is 5.10 Å². The quantitative estimate of drug-likeness (QED) is 0.402. The number of carbonyl (C=O) groups excluding carboxylic acids is 1. The van der Waals surface area contributed by atoms with Crippen molar-refractivity contribution in [2.75, 3.05) is 11.4 Å². The van der Waals surface area contributed by atoms with E-state index < -0.39 is 0 Å². The van der Waals surface area contributed by atoms with E-state index in [1.54, 1.807) is 18.3 Å². The molecular weight excluding hydrogens is 450 g/mol. The lowest BCUT2D eigenvalue weighted by molar-refractivity contribution is 0.0955. The summed E-state index contributed by atoms with van der Waals surface area (Å²) in [5, 5.41) is 4.76. The Morgan fingerprint density at radius 1 is 1.38 bits per heavy atom. The molecule has 1 N–H and O–H groups in total. The van der Waals surface area contributed by atoms with E-state index in [0.29, 0.717) is 16.5 Å². The van der Waals surface area contributed by atoms with Gasteiger partial charge in [-0.25, -0.2) is 5.43 Å². The van der Waals surface area contributed by atoms with E-state index >= 15 is 0 Å². The molecule has 154 valence electrons. The molecule has 0 bridgehead atoms. The molecule has 0 radical (unpaired) electrons. The van der Waals surface area contributed by atoms with E-state index in [-0.39, 0.29) is 11.4 Å². The second-order valence-corrected chi connectivity index (χ2v) is 9.53. The number of fused-ring (bicyclic) bond motifs is 1. The molecule has 1 amide bonds. The molecule has 2 aromatic rings. The Labute approximate surface area is 186 Å². The smallest absolute Gasteiger partial charge is 0.271 e. The van der Waals surface area contributed by atoms with Gasteiger partial charge in [0.1, 0.15) is 0 Å². The highest BCUT2D eigenvalue weighted by Crippen LogP contribution is 2.45. The van der Waals surface area contributed by atoms with E-state index in [9.17, 15) is 4.79 Å². The summed E-state index contributed by atoms with van der Waals surface area (Å²) in [5.74, 6) is 0.162. The summed E-state index contributed by atoms with van der Waals surface area (Å²) in [5.41, 5.74) is 6.51. The molecule has 6 heteroatoms. The van der Waals surface area contributed by atoms with Crippen LogP contribution in [0.1, 0.15) is 67.9 Å². The average Bonchev–Trinajstić information content (AvgIpc) is 2.65. The van der Waals surface area contributed by atoms with Gasteiger partial charge in [0.05, 0.1) is 11.2 Å². The molecule has 3 rings (SSSR count). The molecular formula is C23H27BrClN3O. The fourth-order valence-electron chi connectivity index (χ4n) is 4.12. The van der Waals surface area contributed by atoms with Crippen LogP contribution in [-0.4, -0.2) is 24.2 Å². The Kier molecular flexibility index (Phi) is 6.69. The first-order valence-electron chi connectivity index (χ1n) is 9.93. The first-order chi connectivity index (χ1) is 13.7. The summed E-state index contributed by atoms with van der Waals surface area (Å²) >= 11 is 9.95. The first kappa shape index (κ1) is 21.8. The van der Waals surface area contributed by atoms with Crippen LogP contribution in [0.15, 0.2) is 46.0 Å². The number of halogens is 2. The molecule has 0 aromatic heterocycles. The molecule has 4 nitrogen and oxygen atoms in total. The number of benzene rings is 2. The molecule has 1 aliphatic rings. The highest BCUT2D eigenvalue weighted by molar-refractivity contribution is 9.10. The van der Waals surface area contributed by atoms with Crippen LogP contribution in [0, 0.1) is 0 Å². The lowest BCUT2D eigenvalue weighted by Gasteiger charge is -2.47. The van der Waals surface area contributed by atoms with Gasteiger partial charge in [-0.1, -0.05) is 47.4 Å². The predicted octanol–water partition coefficient (Wildman–Crippen LogP) is 6.37. The van der Waals surface area contributed by atoms with Crippen molar-refractivity contribution in [3.63, 3.8) is 0 Å². The Hall–Kier alpha value is -1.85. The van der Waals surface area contributed by atoms with Crippen molar-refractivity contribution in [2.45, 2.75) is 52.0 Å². The van der Waals surface area contributed by atoms with Crippen LogP contribution in [0.4, 0.5) is 5.69 Å². The van der Waals surface area contributed by atoms with Gasteiger partial charge in [-0.2, -0.15) is 5.10 Å². The van der Waals surface area contributed by atoms with Gasteiger partial charge in [0.25, 0.3) is 5.91 Å². The SMILES string of the molecule is CCCN1c2cc(Cl)c(/C=N\NC(=O)c3cccc(Br)c3)cc2C(C)CC1(C)C. The molecule has 1 unspecified atom stereocenters. The minimum atomic E-state index is -0.263. The van der Waals surface area contributed by atoms with Gasteiger partial charge in [-0.3, -0.25) is 4.79 Å². The standard InChI is InChI=1S/C23H27BrClN3O/c1-5-9-28-21-12-20(25)17(11-19(21)15(2)13-23(28,3)4)14-26-27-22(29)16-7-6-8-18(24)10-16/h6-8,10-12,14-15H,5,9,13H2,1-4H3,(H,27,29)/b26-14-. The summed E-state index contributed by atoms with van der Waals surface area (Å²) in [4.78, 5) is 14.7. The third-order valence-corrected chi connectivity index (χ3v) is 6.23. The Bertz CT molecular complexity index is 942. The van der Waals surface area contributed by atoms with E-state index in [0.717, 1.165) is 29.4 Å². The van der Waals surface area contributed by atoms with Crippen LogP contribution in [0.3, 0.4) is 0 Å². The van der Waals surface area contributed by atoms with Gasteiger partial charge < -0.3 is 4.90 Å². The zero-order valence-corrected chi connectivity index (χ0v) is 19.6. The predicted molar refractivity (Wildman–Crippen MR) is 125 cm³/mol. The second-order valence-electron chi connectivity index (χ2n) is 8.21. The lowest BCUT2D eigenvalue weighted by Crippen LogP contribution is -2.48. The van der Waals surface area contributed by atoms with Gasteiger partial charge in [-0.15, -0.1) is 0 Å². The molecule has 0 saturated carbocycles. The fourth-order valence-corrected chi connectivity index (χ4v) is 4.73. The number of amides is 1. The van der Waals surface area contributed by atoms with Gasteiger partial charge in [-0.05, 0) is 68.5 Å². The maximum atomic E-state index is 12.3. The fraction of sp³-hybridized carbons (Fsp3) is 0.391. The topological polar surface area (TPSA) is 44.7 Å². The maximum absolute atomic E-state index is 12.3. The number of nitrogens with one attached hydrogen (secondary N) is 1. The Morgan fingerprint density at radius 2 is 2.14 bits per heavy atom. The molecule has 0 spiro atoms. The van der Waals surface area contributed by atoms with E-state index in [1.165, 1.54) is 11.3 Å². The molecule has 0 fully saturated rings. The van der Waals surface area contributed by atoms with Crippen LogP contribution in [0.2, 0.25) is 5.02 Å². The number of hydrogen-bond acceptors (Lipinski definition) is 3. The highest BCUT2D eigenvalue weighted by atomic mass is 79.9. The van der Waals surface area contributed by atoms with Gasteiger partial charge in [0, 0.05) is 33.4 Å². The van der Waals surface area contributed by atoms with Crippen LogP contribution < -0.4 is 10.3 Å². The summed E-state index contributed by atoms with van der Waals surface area (Å²) in [6.07, 6.45) is 3.78. The zero-order chi connectivity index (χ0) is 21.2. The second kappa shape index (κ2) is 8.88. The van der Waals surface area contributed by atoms with Gasteiger partial charge >= 0.3 is 0 Å². The number of hydrogen-bond donors (Lipinski definition) is 1. The maximum Gasteiger partial charge on any atom is 0.271 e. The summed E-state index contributed by atoms with van der Waals surface area (Å²) in [7, 11) is 0. The van der Waals surface area contributed by atoms with Crippen molar-refractivity contribution < 1.29 is 4.79 Å². The van der Waals surface area contributed by atoms with Crippen molar-refractivity contribution in [3.8, 4) is 0 Å². The number of anilines is 1. The third kappa shape index (κ3) is 4.84. The third-order valence-electron chi connectivity index (χ3n) is 5.41. The monoisotopic (exact) mass is 475 g/mol. The summed E-state index contributed by atoms with van der Waals surface area (Å²) in [6, 6.07) is 11.3. The van der Waals surface area contributed by atoms with Crippen molar-refractivity contribution >= 4 is 45.3 Å². The number of hydrazone groups is 1. The van der Waals surface area contributed by atoms with E-state index in [1.807, 2.05) is 18.2 Å². The molecule has 1 heterocycles. The molecule has 2 aromatic carbocycles. The normalized spacial score (nSPS) is 18.0. The first-order valence-corrected chi connectivity index (χ1v) is 11.1. The van der Waals surface area contributed by atoms with Crippen molar-refractivity contribution in [3.05, 3.63) is 62.6 Å². The van der Waals surface area contributed by atoms with Crippen LogP contribution in [-0.2, 0) is 0 Å². The Balaban J connectivity index is 1.84. The molecule has 29 heavy (non-hydrogen) atoms.